The van der Waals surface area contributed by atoms with E-state index in [1.54, 1.807) is 36.4 Å². The third-order valence-electron chi connectivity index (χ3n) is 5.24. The van der Waals surface area contributed by atoms with Gasteiger partial charge in [-0.15, -0.1) is 0 Å². The van der Waals surface area contributed by atoms with Crippen molar-refractivity contribution in [3.8, 4) is 0 Å². The van der Waals surface area contributed by atoms with Crippen molar-refractivity contribution in [1.29, 1.82) is 0 Å². The molecule has 4 rings (SSSR count). The molecule has 1 heterocycles. The highest BCUT2D eigenvalue weighted by Crippen LogP contribution is 2.32. The molecule has 0 bridgehead atoms. The fourth-order valence-corrected chi connectivity index (χ4v) is 3.91. The molecule has 2 aromatic rings. The molecule has 2 aromatic carbocycles. The molecule has 0 radical (unpaired) electrons. The predicted molar refractivity (Wildman–Crippen MR) is 110 cm³/mol. The molecule has 1 aliphatic carbocycles. The lowest BCUT2D eigenvalue weighted by Crippen LogP contribution is -2.59. The second-order valence-electron chi connectivity index (χ2n) is 7.17. The smallest absolute Gasteiger partial charge is 0.251 e. The van der Waals surface area contributed by atoms with Crippen LogP contribution in [0, 0.1) is 11.8 Å². The zero-order valence-electron chi connectivity index (χ0n) is 15.6. The Hall–Kier alpha value is -3.12. The first kappa shape index (κ1) is 19.2. The van der Waals surface area contributed by atoms with Crippen LogP contribution < -0.4 is 15.8 Å². The highest BCUT2D eigenvalue weighted by Gasteiger charge is 2.42. The van der Waals surface area contributed by atoms with Crippen molar-refractivity contribution in [2.45, 2.75) is 19.4 Å². The molecule has 0 aromatic heterocycles. The highest BCUT2D eigenvalue weighted by molar-refractivity contribution is 6.30. The summed E-state index contributed by atoms with van der Waals surface area (Å²) >= 11 is 5.97. The number of amides is 3. The maximum atomic E-state index is 12.9. The number of carbonyl (C=O) groups is 3. The average Bonchev–Trinajstić information content (AvgIpc) is 2.75. The first-order chi connectivity index (χ1) is 14.0. The van der Waals surface area contributed by atoms with Crippen LogP contribution in [0.15, 0.2) is 60.7 Å². The minimum absolute atomic E-state index is 0.157. The van der Waals surface area contributed by atoms with Crippen molar-refractivity contribution in [3.63, 3.8) is 0 Å². The van der Waals surface area contributed by atoms with Gasteiger partial charge in [0.1, 0.15) is 0 Å². The fraction of sp³-hybridized carbons (Fsp3) is 0.227. The Bertz CT molecular complexity index is 1000. The number of allylic oxidation sites excluding steroid dienone is 2. The maximum Gasteiger partial charge on any atom is 0.251 e. The van der Waals surface area contributed by atoms with E-state index in [-0.39, 0.29) is 29.6 Å². The number of nitrogens with zero attached hydrogens (tertiary/aromatic N) is 1. The third kappa shape index (κ3) is 4.03. The Balaban J connectivity index is 1.49. The lowest BCUT2D eigenvalue weighted by atomic mass is 9.80. The summed E-state index contributed by atoms with van der Waals surface area (Å²) in [5.41, 5.74) is 4.43. The highest BCUT2D eigenvalue weighted by atomic mass is 35.5. The number of nitrogens with one attached hydrogen (secondary N) is 2. The molecular weight excluding hydrogens is 390 g/mol. The van der Waals surface area contributed by atoms with Gasteiger partial charge in [0.25, 0.3) is 5.91 Å². The monoisotopic (exact) mass is 409 g/mol. The summed E-state index contributed by atoms with van der Waals surface area (Å²) in [6, 6.07) is 13.9. The van der Waals surface area contributed by atoms with Gasteiger partial charge in [-0.1, -0.05) is 42.0 Å². The van der Waals surface area contributed by atoms with Crippen LogP contribution in [-0.2, 0) is 16.1 Å². The van der Waals surface area contributed by atoms with Gasteiger partial charge in [-0.05, 0) is 48.7 Å². The summed E-state index contributed by atoms with van der Waals surface area (Å²) in [4.78, 5) is 37.9. The van der Waals surface area contributed by atoms with Crippen molar-refractivity contribution in [3.05, 3.63) is 76.8 Å². The Morgan fingerprint density at radius 2 is 1.83 bits per heavy atom. The Kier molecular flexibility index (Phi) is 5.36. The van der Waals surface area contributed by atoms with Crippen molar-refractivity contribution in [2.75, 3.05) is 5.01 Å². The van der Waals surface area contributed by atoms with Gasteiger partial charge in [0.15, 0.2) is 0 Å². The van der Waals surface area contributed by atoms with Crippen LogP contribution in [0.4, 0.5) is 5.69 Å². The zero-order valence-corrected chi connectivity index (χ0v) is 16.4. The molecule has 1 aliphatic heterocycles. The maximum absolute atomic E-state index is 12.9. The lowest BCUT2D eigenvalue weighted by Gasteiger charge is -2.38. The molecule has 6 nitrogen and oxygen atoms in total. The molecule has 2 N–H and O–H groups in total. The number of anilines is 1. The van der Waals surface area contributed by atoms with E-state index >= 15 is 0 Å². The van der Waals surface area contributed by atoms with E-state index in [0.717, 1.165) is 5.56 Å². The van der Waals surface area contributed by atoms with Gasteiger partial charge in [-0.2, -0.15) is 0 Å². The van der Waals surface area contributed by atoms with Crippen molar-refractivity contribution in [2.24, 2.45) is 11.8 Å². The number of hydrazine groups is 1. The molecule has 7 heteroatoms. The van der Waals surface area contributed by atoms with Gasteiger partial charge in [0.05, 0.1) is 17.5 Å². The summed E-state index contributed by atoms with van der Waals surface area (Å²) < 4.78 is 0. The Morgan fingerprint density at radius 3 is 2.62 bits per heavy atom. The topological polar surface area (TPSA) is 78.5 Å². The van der Waals surface area contributed by atoms with E-state index in [1.165, 1.54) is 5.01 Å². The molecule has 2 aliphatic rings. The van der Waals surface area contributed by atoms with E-state index in [0.29, 0.717) is 35.7 Å². The van der Waals surface area contributed by atoms with Crippen LogP contribution in [0.5, 0.6) is 0 Å². The van der Waals surface area contributed by atoms with Crippen LogP contribution >= 0.6 is 11.6 Å². The van der Waals surface area contributed by atoms with Crippen LogP contribution in [0.3, 0.4) is 0 Å². The summed E-state index contributed by atoms with van der Waals surface area (Å²) in [5, 5.41) is 4.71. The summed E-state index contributed by atoms with van der Waals surface area (Å²) in [6.07, 6.45) is 5.00. The van der Waals surface area contributed by atoms with Gasteiger partial charge in [-0.3, -0.25) is 19.8 Å². The minimum atomic E-state index is -0.367. The van der Waals surface area contributed by atoms with Crippen molar-refractivity contribution >= 4 is 35.0 Å². The van der Waals surface area contributed by atoms with Gasteiger partial charge in [0, 0.05) is 17.1 Å². The van der Waals surface area contributed by atoms with Crippen LogP contribution in [0.1, 0.15) is 28.8 Å². The zero-order chi connectivity index (χ0) is 20.4. The standard InChI is InChI=1S/C22H20ClN3O3/c23-16-7-3-5-14(11-16)13-24-20(27)15-6-4-8-17(12-15)26-22(29)19-10-2-1-9-18(19)21(28)25-26/h1-8,11-12,18-19H,9-10,13H2,(H,24,27)(H,25,28)/t18-,19-/m1/s1. The molecule has 1 fully saturated rings. The molecule has 2 atom stereocenters. The van der Waals surface area contributed by atoms with Crippen LogP contribution in [0.2, 0.25) is 5.02 Å². The fourth-order valence-electron chi connectivity index (χ4n) is 3.70. The Labute approximate surface area is 173 Å². The van der Waals surface area contributed by atoms with Crippen molar-refractivity contribution < 1.29 is 14.4 Å². The second-order valence-corrected chi connectivity index (χ2v) is 7.60. The summed E-state index contributed by atoms with van der Waals surface area (Å²) in [7, 11) is 0. The number of hydrogen-bond donors (Lipinski definition) is 2. The van der Waals surface area contributed by atoms with Gasteiger partial charge < -0.3 is 5.32 Å². The van der Waals surface area contributed by atoms with E-state index in [9.17, 15) is 14.4 Å². The van der Waals surface area contributed by atoms with Crippen LogP contribution in [-0.4, -0.2) is 17.7 Å². The van der Waals surface area contributed by atoms with Gasteiger partial charge in [0.2, 0.25) is 11.8 Å². The average molecular weight is 410 g/mol. The number of rotatable bonds is 4. The molecule has 0 saturated carbocycles. The molecule has 29 heavy (non-hydrogen) atoms. The normalized spacial score (nSPS) is 20.8. The molecule has 3 amide bonds. The molecule has 1 saturated heterocycles. The van der Waals surface area contributed by atoms with E-state index in [1.807, 2.05) is 24.3 Å². The number of halogens is 1. The van der Waals surface area contributed by atoms with E-state index < -0.39 is 0 Å². The molecule has 0 spiro atoms. The predicted octanol–water partition coefficient (Wildman–Crippen LogP) is 3.23. The van der Waals surface area contributed by atoms with Gasteiger partial charge >= 0.3 is 0 Å². The largest absolute Gasteiger partial charge is 0.348 e. The molecule has 148 valence electrons. The van der Waals surface area contributed by atoms with E-state index in [2.05, 4.69) is 10.7 Å². The summed E-state index contributed by atoms with van der Waals surface area (Å²) in [6.45, 7) is 0.332. The third-order valence-corrected chi connectivity index (χ3v) is 5.47. The SMILES string of the molecule is O=C(NCc1cccc(Cl)c1)c1cccc(N2NC(=O)[C@@H]3CC=CC[C@H]3C2=O)c1. The minimum Gasteiger partial charge on any atom is -0.348 e. The van der Waals surface area contributed by atoms with E-state index in [4.69, 9.17) is 11.6 Å². The quantitative estimate of drug-likeness (QED) is 0.761. The Morgan fingerprint density at radius 1 is 1.07 bits per heavy atom. The van der Waals surface area contributed by atoms with Crippen molar-refractivity contribution in [1.82, 2.24) is 10.7 Å². The number of benzene rings is 2. The first-order valence-corrected chi connectivity index (χ1v) is 9.83. The number of hydrogen-bond acceptors (Lipinski definition) is 3. The summed E-state index contributed by atoms with van der Waals surface area (Å²) in [5.74, 6) is -1.30. The first-order valence-electron chi connectivity index (χ1n) is 9.45. The molecule has 0 unspecified atom stereocenters. The number of carbonyl (C=O) groups excluding carboxylic acids is 3. The second kappa shape index (κ2) is 8.09. The van der Waals surface area contributed by atoms with Gasteiger partial charge in [-0.25, -0.2) is 5.01 Å². The van der Waals surface area contributed by atoms with Crippen LogP contribution in [0.25, 0.3) is 0 Å². The lowest BCUT2D eigenvalue weighted by molar-refractivity contribution is -0.139. The molecular formula is C22H20ClN3O3. The number of fused-ring (bicyclic) bond motifs is 1.